The van der Waals surface area contributed by atoms with Gasteiger partial charge in [-0.2, -0.15) is 0 Å². The quantitative estimate of drug-likeness (QED) is 0.832. The van der Waals surface area contributed by atoms with Gasteiger partial charge in [0.1, 0.15) is 0 Å². The van der Waals surface area contributed by atoms with Gasteiger partial charge < -0.3 is 10.6 Å². The van der Waals surface area contributed by atoms with Gasteiger partial charge in [0.15, 0.2) is 0 Å². The van der Waals surface area contributed by atoms with E-state index in [1.165, 1.54) is 0 Å². The second-order valence-corrected chi connectivity index (χ2v) is 6.54. The zero-order chi connectivity index (χ0) is 13.3. The van der Waals surface area contributed by atoms with Gasteiger partial charge in [0.25, 0.3) is 0 Å². The highest BCUT2D eigenvalue weighted by Crippen LogP contribution is 2.33. The number of amides is 1. The van der Waals surface area contributed by atoms with Crippen LogP contribution in [0.2, 0.25) is 0 Å². The number of halogens is 2. The van der Waals surface area contributed by atoms with E-state index in [0.29, 0.717) is 5.92 Å². The predicted octanol–water partition coefficient (Wildman–Crippen LogP) is 3.31. The molecule has 1 saturated heterocycles. The van der Waals surface area contributed by atoms with Crippen LogP contribution in [0.25, 0.3) is 0 Å². The summed E-state index contributed by atoms with van der Waals surface area (Å²) in [6.45, 7) is 5.79. The zero-order valence-electron chi connectivity index (χ0n) is 10.4. The zero-order valence-corrected chi connectivity index (χ0v) is 13.6. The van der Waals surface area contributed by atoms with Crippen LogP contribution >= 0.6 is 31.9 Å². The van der Waals surface area contributed by atoms with E-state index in [9.17, 15) is 4.79 Å². The summed E-state index contributed by atoms with van der Waals surface area (Å²) < 4.78 is 1.81. The van der Waals surface area contributed by atoms with Crippen molar-refractivity contribution in [2.24, 2.45) is 11.8 Å². The van der Waals surface area contributed by atoms with Gasteiger partial charge >= 0.3 is 0 Å². The predicted molar refractivity (Wildman–Crippen MR) is 80.7 cm³/mol. The molecule has 0 bridgehead atoms. The van der Waals surface area contributed by atoms with E-state index >= 15 is 0 Å². The second-order valence-electron chi connectivity index (χ2n) is 4.83. The molecule has 1 amide bonds. The summed E-state index contributed by atoms with van der Waals surface area (Å²) in [6, 6.07) is 3.99. The maximum atomic E-state index is 12.2. The maximum Gasteiger partial charge on any atom is 0.229 e. The van der Waals surface area contributed by atoms with Crippen molar-refractivity contribution in [3.05, 3.63) is 26.6 Å². The average Bonchev–Trinajstić information content (AvgIpc) is 2.69. The Balaban J connectivity index is 2.17. The normalized spacial score (nSPS) is 23.1. The van der Waals surface area contributed by atoms with Crippen LogP contribution in [0.1, 0.15) is 12.5 Å². The molecule has 5 heteroatoms. The molecule has 0 radical (unpaired) electrons. The number of rotatable bonds is 2. The fourth-order valence-electron chi connectivity index (χ4n) is 2.20. The van der Waals surface area contributed by atoms with Crippen molar-refractivity contribution in [2.75, 3.05) is 18.4 Å². The Labute approximate surface area is 124 Å². The van der Waals surface area contributed by atoms with Crippen molar-refractivity contribution in [2.45, 2.75) is 13.8 Å². The number of hydrogen-bond acceptors (Lipinski definition) is 2. The third-order valence-electron chi connectivity index (χ3n) is 3.29. The van der Waals surface area contributed by atoms with Crippen LogP contribution in [0, 0.1) is 18.8 Å². The molecular formula is C13H16Br2N2O. The van der Waals surface area contributed by atoms with E-state index in [1.807, 2.05) is 19.1 Å². The largest absolute Gasteiger partial charge is 0.324 e. The van der Waals surface area contributed by atoms with Gasteiger partial charge in [0, 0.05) is 15.5 Å². The lowest BCUT2D eigenvalue weighted by Gasteiger charge is -2.16. The lowest BCUT2D eigenvalue weighted by Crippen LogP contribution is -2.28. The molecule has 3 nitrogen and oxygen atoms in total. The number of benzene rings is 1. The minimum absolute atomic E-state index is 0.0464. The topological polar surface area (TPSA) is 41.1 Å². The minimum Gasteiger partial charge on any atom is -0.324 e. The number of anilines is 1. The molecule has 1 aliphatic rings. The Morgan fingerprint density at radius 2 is 1.94 bits per heavy atom. The van der Waals surface area contributed by atoms with Crippen LogP contribution in [-0.2, 0) is 4.79 Å². The van der Waals surface area contributed by atoms with Crippen molar-refractivity contribution in [1.29, 1.82) is 0 Å². The van der Waals surface area contributed by atoms with Crippen molar-refractivity contribution in [3.63, 3.8) is 0 Å². The first-order chi connectivity index (χ1) is 8.49. The van der Waals surface area contributed by atoms with Gasteiger partial charge in [-0.05, 0) is 68.9 Å². The molecule has 0 aliphatic carbocycles. The summed E-state index contributed by atoms with van der Waals surface area (Å²) in [7, 11) is 0. The average molecular weight is 376 g/mol. The van der Waals surface area contributed by atoms with Gasteiger partial charge in [-0.15, -0.1) is 0 Å². The van der Waals surface area contributed by atoms with Crippen LogP contribution in [0.5, 0.6) is 0 Å². The number of nitrogens with one attached hydrogen (secondary N) is 2. The first-order valence-corrected chi connectivity index (χ1v) is 7.55. The summed E-state index contributed by atoms with van der Waals surface area (Å²) in [5.41, 5.74) is 1.95. The summed E-state index contributed by atoms with van der Waals surface area (Å²) in [4.78, 5) is 12.2. The first-order valence-electron chi connectivity index (χ1n) is 5.96. The van der Waals surface area contributed by atoms with Crippen LogP contribution in [0.3, 0.4) is 0 Å². The Bertz CT molecular complexity index is 453. The standard InChI is InChI=1S/C13H16Br2N2O/c1-7-3-10(14)12(11(15)4-7)17-13(18)9-6-16-5-8(9)2/h3-4,8-9,16H,5-6H2,1-2H3,(H,17,18)/t8-,9-/m1/s1. The van der Waals surface area contributed by atoms with Crippen LogP contribution in [0.4, 0.5) is 5.69 Å². The Kier molecular flexibility index (Phi) is 4.45. The molecule has 18 heavy (non-hydrogen) atoms. The first kappa shape index (κ1) is 14.0. The molecule has 0 unspecified atom stereocenters. The Morgan fingerprint density at radius 1 is 1.33 bits per heavy atom. The Hall–Kier alpha value is -0.390. The molecular weight excluding hydrogens is 360 g/mol. The van der Waals surface area contributed by atoms with E-state index in [2.05, 4.69) is 49.4 Å². The van der Waals surface area contributed by atoms with Gasteiger partial charge in [0.05, 0.1) is 11.6 Å². The maximum absolute atomic E-state index is 12.2. The molecule has 98 valence electrons. The fraction of sp³-hybridized carbons (Fsp3) is 0.462. The summed E-state index contributed by atoms with van der Waals surface area (Å²) >= 11 is 6.98. The fourth-order valence-corrected chi connectivity index (χ4v) is 3.81. The molecule has 1 heterocycles. The molecule has 2 rings (SSSR count). The van der Waals surface area contributed by atoms with E-state index in [4.69, 9.17) is 0 Å². The molecule has 1 aromatic carbocycles. The monoisotopic (exact) mass is 374 g/mol. The third kappa shape index (κ3) is 2.95. The van der Waals surface area contributed by atoms with Crippen molar-refractivity contribution in [3.8, 4) is 0 Å². The lowest BCUT2D eigenvalue weighted by molar-refractivity contribution is -0.120. The highest BCUT2D eigenvalue weighted by atomic mass is 79.9. The van der Waals surface area contributed by atoms with Crippen LogP contribution < -0.4 is 10.6 Å². The van der Waals surface area contributed by atoms with Gasteiger partial charge in [0.2, 0.25) is 5.91 Å². The molecule has 0 spiro atoms. The van der Waals surface area contributed by atoms with E-state index in [1.54, 1.807) is 0 Å². The molecule has 1 aliphatic heterocycles. The number of aryl methyl sites for hydroxylation is 1. The van der Waals surface area contributed by atoms with Crippen molar-refractivity contribution >= 4 is 43.5 Å². The number of carbonyl (C=O) groups excluding carboxylic acids is 1. The minimum atomic E-state index is 0.0464. The molecule has 0 saturated carbocycles. The number of carbonyl (C=O) groups is 1. The highest BCUT2D eigenvalue weighted by Gasteiger charge is 2.30. The lowest BCUT2D eigenvalue weighted by atomic mass is 9.97. The third-order valence-corrected chi connectivity index (χ3v) is 4.54. The molecule has 1 fully saturated rings. The van der Waals surface area contributed by atoms with Crippen molar-refractivity contribution in [1.82, 2.24) is 5.32 Å². The summed E-state index contributed by atoms with van der Waals surface area (Å²) in [5, 5.41) is 6.25. The highest BCUT2D eigenvalue weighted by molar-refractivity contribution is 9.11. The van der Waals surface area contributed by atoms with E-state index in [-0.39, 0.29) is 11.8 Å². The molecule has 2 atom stereocenters. The van der Waals surface area contributed by atoms with Crippen molar-refractivity contribution < 1.29 is 4.79 Å². The molecule has 0 aromatic heterocycles. The molecule has 1 aromatic rings. The van der Waals surface area contributed by atoms with Gasteiger partial charge in [-0.1, -0.05) is 6.92 Å². The summed E-state index contributed by atoms with van der Waals surface area (Å²) in [5.74, 6) is 0.510. The second kappa shape index (κ2) is 5.72. The SMILES string of the molecule is Cc1cc(Br)c(NC(=O)[C@@H]2CNC[C@H]2C)c(Br)c1. The molecule has 2 N–H and O–H groups in total. The van der Waals surface area contributed by atoms with Crippen LogP contribution in [-0.4, -0.2) is 19.0 Å². The van der Waals surface area contributed by atoms with E-state index < -0.39 is 0 Å². The van der Waals surface area contributed by atoms with E-state index in [0.717, 1.165) is 33.3 Å². The Morgan fingerprint density at radius 3 is 2.44 bits per heavy atom. The van der Waals surface area contributed by atoms with Gasteiger partial charge in [-0.3, -0.25) is 4.79 Å². The summed E-state index contributed by atoms with van der Waals surface area (Å²) in [6.07, 6.45) is 0. The number of hydrogen-bond donors (Lipinski definition) is 2. The van der Waals surface area contributed by atoms with Crippen LogP contribution in [0.15, 0.2) is 21.1 Å². The van der Waals surface area contributed by atoms with Gasteiger partial charge in [-0.25, -0.2) is 0 Å². The smallest absolute Gasteiger partial charge is 0.229 e.